The van der Waals surface area contributed by atoms with Crippen molar-refractivity contribution in [2.45, 2.75) is 25.4 Å². The highest BCUT2D eigenvalue weighted by atomic mass is 16.4. The molecule has 1 rings (SSSR count). The minimum Gasteiger partial charge on any atom is -0.479 e. The Labute approximate surface area is 76.0 Å². The van der Waals surface area contributed by atoms with Gasteiger partial charge < -0.3 is 15.1 Å². The third-order valence-electron chi connectivity index (χ3n) is 2.43. The second-order valence-electron chi connectivity index (χ2n) is 3.34. The van der Waals surface area contributed by atoms with Crippen molar-refractivity contribution in [2.24, 2.45) is 0 Å². The smallest absolute Gasteiger partial charge is 0.335 e. The molecular weight excluding hydrogens is 174 g/mol. The maximum Gasteiger partial charge on any atom is 0.335 e. The average molecular weight is 187 g/mol. The fourth-order valence-electron chi connectivity index (χ4n) is 1.41. The van der Waals surface area contributed by atoms with E-state index in [0.29, 0.717) is 13.1 Å². The first-order chi connectivity index (χ1) is 5.96. The summed E-state index contributed by atoms with van der Waals surface area (Å²) in [6.07, 6.45) is 0.226. The van der Waals surface area contributed by atoms with Gasteiger partial charge in [-0.1, -0.05) is 0 Å². The van der Waals surface area contributed by atoms with Crippen LogP contribution in [0.25, 0.3) is 0 Å². The number of carbonyl (C=O) groups is 2. The van der Waals surface area contributed by atoms with Gasteiger partial charge in [0.1, 0.15) is 0 Å². The molecule has 0 radical (unpaired) electrons. The van der Waals surface area contributed by atoms with Crippen LogP contribution < -0.4 is 0 Å². The number of nitrogens with zero attached hydrogens (tertiary/aromatic N) is 1. The number of aliphatic hydroxyl groups is 1. The number of carboxylic acid groups (broad SMARTS) is 1. The third-order valence-corrected chi connectivity index (χ3v) is 2.43. The Morgan fingerprint density at radius 1 is 1.31 bits per heavy atom. The number of likely N-dealkylation sites (tertiary alicyclic amines) is 1. The van der Waals surface area contributed by atoms with Crippen LogP contribution in [-0.4, -0.2) is 45.7 Å². The number of carboxylic acids is 1. The summed E-state index contributed by atoms with van der Waals surface area (Å²) in [7, 11) is 0. The molecule has 0 bridgehead atoms. The summed E-state index contributed by atoms with van der Waals surface area (Å²) >= 11 is 0. The quantitative estimate of drug-likeness (QED) is 0.577. The Balaban J connectivity index is 2.56. The molecule has 2 N–H and O–H groups in total. The van der Waals surface area contributed by atoms with Crippen LogP contribution in [0.1, 0.15) is 19.8 Å². The molecule has 1 saturated heterocycles. The highest BCUT2D eigenvalue weighted by Gasteiger charge is 2.39. The summed E-state index contributed by atoms with van der Waals surface area (Å²) in [5, 5.41) is 18.2. The Bertz CT molecular complexity index is 230. The van der Waals surface area contributed by atoms with Gasteiger partial charge in [0.05, 0.1) is 0 Å². The zero-order valence-electron chi connectivity index (χ0n) is 7.49. The van der Waals surface area contributed by atoms with E-state index in [1.54, 1.807) is 0 Å². The summed E-state index contributed by atoms with van der Waals surface area (Å²) in [6.45, 7) is 2.07. The molecule has 5 nitrogen and oxygen atoms in total. The molecule has 1 heterocycles. The normalized spacial score (nSPS) is 21.2. The van der Waals surface area contributed by atoms with E-state index in [1.807, 2.05) is 0 Å². The van der Waals surface area contributed by atoms with Crippen molar-refractivity contribution in [1.82, 2.24) is 4.90 Å². The van der Waals surface area contributed by atoms with E-state index < -0.39 is 11.6 Å². The molecule has 0 unspecified atom stereocenters. The second-order valence-corrected chi connectivity index (χ2v) is 3.34. The molecule has 1 aliphatic heterocycles. The molecule has 74 valence electrons. The standard InChI is InChI=1S/C8H13NO4/c1-6(10)9-4-2-8(13,3-5-9)7(11)12/h13H,2-5H2,1H3,(H,11,12). The SMILES string of the molecule is CC(=O)N1CCC(O)(C(=O)O)CC1. The molecule has 5 heteroatoms. The monoisotopic (exact) mass is 187 g/mol. The van der Waals surface area contributed by atoms with Crippen molar-refractivity contribution in [1.29, 1.82) is 0 Å². The summed E-state index contributed by atoms with van der Waals surface area (Å²) in [4.78, 5) is 23.0. The van der Waals surface area contributed by atoms with Crippen molar-refractivity contribution in [3.63, 3.8) is 0 Å². The lowest BCUT2D eigenvalue weighted by Crippen LogP contribution is -2.50. The maximum atomic E-state index is 10.9. The fraction of sp³-hybridized carbons (Fsp3) is 0.750. The molecular formula is C8H13NO4. The van der Waals surface area contributed by atoms with Gasteiger partial charge in [0.2, 0.25) is 5.91 Å². The van der Waals surface area contributed by atoms with Gasteiger partial charge in [-0.3, -0.25) is 4.79 Å². The van der Waals surface area contributed by atoms with E-state index >= 15 is 0 Å². The number of hydrogen-bond acceptors (Lipinski definition) is 3. The van der Waals surface area contributed by atoms with Crippen LogP contribution in [0.4, 0.5) is 0 Å². The van der Waals surface area contributed by atoms with Crippen molar-refractivity contribution >= 4 is 11.9 Å². The van der Waals surface area contributed by atoms with Crippen LogP contribution in [0.2, 0.25) is 0 Å². The van der Waals surface area contributed by atoms with Crippen LogP contribution in [0.3, 0.4) is 0 Å². The summed E-state index contributed by atoms with van der Waals surface area (Å²) in [6, 6.07) is 0. The Kier molecular flexibility index (Phi) is 2.56. The molecule has 0 aromatic heterocycles. The van der Waals surface area contributed by atoms with Gasteiger partial charge in [0.25, 0.3) is 0 Å². The Hall–Kier alpha value is -1.10. The van der Waals surface area contributed by atoms with E-state index in [-0.39, 0.29) is 18.7 Å². The van der Waals surface area contributed by atoms with Crippen LogP contribution in [0.15, 0.2) is 0 Å². The number of piperidine rings is 1. The topological polar surface area (TPSA) is 77.8 Å². The predicted molar refractivity (Wildman–Crippen MR) is 44.1 cm³/mol. The largest absolute Gasteiger partial charge is 0.479 e. The van der Waals surface area contributed by atoms with E-state index in [4.69, 9.17) is 5.11 Å². The van der Waals surface area contributed by atoms with Crippen LogP contribution in [-0.2, 0) is 9.59 Å². The number of rotatable bonds is 1. The van der Waals surface area contributed by atoms with Crippen molar-refractivity contribution in [2.75, 3.05) is 13.1 Å². The van der Waals surface area contributed by atoms with Crippen molar-refractivity contribution < 1.29 is 19.8 Å². The predicted octanol–water partition coefficient (Wildman–Crippen LogP) is -0.556. The van der Waals surface area contributed by atoms with Gasteiger partial charge >= 0.3 is 5.97 Å². The van der Waals surface area contributed by atoms with E-state index in [9.17, 15) is 14.7 Å². The molecule has 0 saturated carbocycles. The molecule has 0 aromatic rings. The van der Waals surface area contributed by atoms with E-state index in [1.165, 1.54) is 11.8 Å². The summed E-state index contributed by atoms with van der Waals surface area (Å²) in [5.74, 6) is -1.27. The van der Waals surface area contributed by atoms with Crippen LogP contribution in [0, 0.1) is 0 Å². The van der Waals surface area contributed by atoms with E-state index in [0.717, 1.165) is 0 Å². The first-order valence-corrected chi connectivity index (χ1v) is 4.17. The Morgan fingerprint density at radius 2 is 1.77 bits per heavy atom. The number of amides is 1. The Morgan fingerprint density at radius 3 is 2.08 bits per heavy atom. The number of hydrogen-bond donors (Lipinski definition) is 2. The van der Waals surface area contributed by atoms with Crippen molar-refractivity contribution in [3.05, 3.63) is 0 Å². The van der Waals surface area contributed by atoms with Gasteiger partial charge in [0, 0.05) is 32.9 Å². The lowest BCUT2D eigenvalue weighted by atomic mass is 9.92. The van der Waals surface area contributed by atoms with Gasteiger partial charge in [-0.05, 0) is 0 Å². The summed E-state index contributed by atoms with van der Waals surface area (Å²) in [5.41, 5.74) is -1.63. The van der Waals surface area contributed by atoms with E-state index in [2.05, 4.69) is 0 Å². The fourth-order valence-corrected chi connectivity index (χ4v) is 1.41. The van der Waals surface area contributed by atoms with Gasteiger partial charge in [0.15, 0.2) is 5.60 Å². The lowest BCUT2D eigenvalue weighted by Gasteiger charge is -2.34. The molecule has 13 heavy (non-hydrogen) atoms. The zero-order chi connectivity index (χ0) is 10.1. The highest BCUT2D eigenvalue weighted by molar-refractivity contribution is 5.78. The van der Waals surface area contributed by atoms with Gasteiger partial charge in [-0.25, -0.2) is 4.79 Å². The molecule has 0 aliphatic carbocycles. The average Bonchev–Trinajstić information content (AvgIpc) is 2.04. The van der Waals surface area contributed by atoms with Crippen molar-refractivity contribution in [3.8, 4) is 0 Å². The summed E-state index contributed by atoms with van der Waals surface area (Å²) < 4.78 is 0. The molecule has 1 fully saturated rings. The molecule has 1 aliphatic rings. The molecule has 0 spiro atoms. The zero-order valence-corrected chi connectivity index (χ0v) is 7.49. The third kappa shape index (κ3) is 1.98. The molecule has 0 atom stereocenters. The molecule has 1 amide bonds. The first kappa shape index (κ1) is 9.98. The highest BCUT2D eigenvalue weighted by Crippen LogP contribution is 2.22. The number of aliphatic carboxylic acids is 1. The van der Waals surface area contributed by atoms with Crippen LogP contribution in [0.5, 0.6) is 0 Å². The second kappa shape index (κ2) is 3.33. The lowest BCUT2D eigenvalue weighted by molar-refractivity contribution is -0.165. The van der Waals surface area contributed by atoms with Gasteiger partial charge in [-0.2, -0.15) is 0 Å². The van der Waals surface area contributed by atoms with Gasteiger partial charge in [-0.15, -0.1) is 0 Å². The molecule has 0 aromatic carbocycles. The minimum absolute atomic E-state index is 0.0764. The minimum atomic E-state index is -1.63. The van der Waals surface area contributed by atoms with Crippen LogP contribution >= 0.6 is 0 Å². The maximum absolute atomic E-state index is 10.9. The first-order valence-electron chi connectivity index (χ1n) is 4.17. The number of carbonyl (C=O) groups excluding carboxylic acids is 1.